The summed E-state index contributed by atoms with van der Waals surface area (Å²) in [6.07, 6.45) is -0.247. The van der Waals surface area contributed by atoms with Gasteiger partial charge in [-0.1, -0.05) is 36.4 Å². The summed E-state index contributed by atoms with van der Waals surface area (Å²) in [4.78, 5) is 24.4. The predicted molar refractivity (Wildman–Crippen MR) is 149 cm³/mol. The molecule has 1 heterocycles. The summed E-state index contributed by atoms with van der Waals surface area (Å²) in [6, 6.07) is 22.7. The monoisotopic (exact) mass is 535 g/mol. The maximum atomic E-state index is 12.0. The minimum absolute atomic E-state index is 0.0110. The van der Waals surface area contributed by atoms with E-state index in [0.29, 0.717) is 24.4 Å². The molecular weight excluding hydrogens is 502 g/mol. The Labute approximate surface area is 227 Å². The standard InChI is InChI=1S/C29H33N3O5S/c1-3-30-29(35)32-24-6-4-5-22(15-24)28-36-25(16-27(37-28)21-9-7-20(17-33)8-10-21)18-38-26-13-11-23(12-14-26)31-19(2)34/h4-15,25,27-28,33H,3,16-18H2,1-2H3,(H,31,34)(H2,30,32,35)/t25-,27+,28+/m1/s1. The number of carbonyl (C=O) groups excluding carboxylic acids is 2. The van der Waals surface area contributed by atoms with E-state index in [4.69, 9.17) is 9.47 Å². The van der Waals surface area contributed by atoms with Crippen LogP contribution in [0.4, 0.5) is 16.2 Å². The number of amides is 3. The first-order valence-electron chi connectivity index (χ1n) is 12.6. The summed E-state index contributed by atoms with van der Waals surface area (Å²) in [5.41, 5.74) is 4.08. The van der Waals surface area contributed by atoms with Crippen molar-refractivity contribution in [1.82, 2.24) is 5.32 Å². The highest BCUT2D eigenvalue weighted by molar-refractivity contribution is 7.99. The number of nitrogens with one attached hydrogen (secondary N) is 3. The van der Waals surface area contributed by atoms with Crippen LogP contribution in [0.3, 0.4) is 0 Å². The maximum absolute atomic E-state index is 12.0. The van der Waals surface area contributed by atoms with Crippen molar-refractivity contribution in [1.29, 1.82) is 0 Å². The van der Waals surface area contributed by atoms with E-state index in [-0.39, 0.29) is 30.8 Å². The van der Waals surface area contributed by atoms with Crippen LogP contribution in [0, 0.1) is 0 Å². The van der Waals surface area contributed by atoms with Crippen molar-refractivity contribution < 1.29 is 24.2 Å². The molecule has 0 unspecified atom stereocenters. The van der Waals surface area contributed by atoms with Crippen molar-refractivity contribution in [3.8, 4) is 0 Å². The van der Waals surface area contributed by atoms with Crippen molar-refractivity contribution in [2.75, 3.05) is 22.9 Å². The summed E-state index contributed by atoms with van der Waals surface area (Å²) in [7, 11) is 0. The highest BCUT2D eigenvalue weighted by Gasteiger charge is 2.32. The average Bonchev–Trinajstić information content (AvgIpc) is 2.92. The number of ether oxygens (including phenoxy) is 2. The van der Waals surface area contributed by atoms with E-state index in [0.717, 1.165) is 27.3 Å². The molecule has 38 heavy (non-hydrogen) atoms. The van der Waals surface area contributed by atoms with Crippen LogP contribution in [0.15, 0.2) is 77.7 Å². The molecule has 0 bridgehead atoms. The third-order valence-corrected chi connectivity index (χ3v) is 7.12. The van der Waals surface area contributed by atoms with Gasteiger partial charge in [0.2, 0.25) is 5.91 Å². The van der Waals surface area contributed by atoms with Crippen LogP contribution in [-0.2, 0) is 20.9 Å². The van der Waals surface area contributed by atoms with Gasteiger partial charge in [-0.05, 0) is 54.4 Å². The number of hydrogen-bond donors (Lipinski definition) is 4. The molecular formula is C29H33N3O5S. The summed E-state index contributed by atoms with van der Waals surface area (Å²) >= 11 is 1.68. The normalized spacial score (nSPS) is 19.0. The number of carbonyl (C=O) groups is 2. The Morgan fingerprint density at radius 1 is 0.947 bits per heavy atom. The third kappa shape index (κ3) is 7.82. The van der Waals surface area contributed by atoms with Gasteiger partial charge in [-0.15, -0.1) is 11.8 Å². The third-order valence-electron chi connectivity index (χ3n) is 5.98. The molecule has 0 spiro atoms. The summed E-state index contributed by atoms with van der Waals surface area (Å²) in [5.74, 6) is 0.608. The highest BCUT2D eigenvalue weighted by atomic mass is 32.2. The van der Waals surface area contributed by atoms with Crippen LogP contribution in [0.25, 0.3) is 0 Å². The fourth-order valence-electron chi connectivity index (χ4n) is 4.15. The zero-order valence-electron chi connectivity index (χ0n) is 21.5. The van der Waals surface area contributed by atoms with Crippen LogP contribution in [0.1, 0.15) is 49.4 Å². The van der Waals surface area contributed by atoms with Gasteiger partial charge in [0.1, 0.15) is 0 Å². The van der Waals surface area contributed by atoms with Gasteiger partial charge in [-0.3, -0.25) is 4.79 Å². The fraction of sp³-hybridized carbons (Fsp3) is 0.310. The zero-order valence-corrected chi connectivity index (χ0v) is 22.3. The fourth-order valence-corrected chi connectivity index (χ4v) is 5.07. The summed E-state index contributed by atoms with van der Waals surface area (Å²) in [6.45, 7) is 3.87. The number of rotatable bonds is 9. The van der Waals surface area contributed by atoms with Gasteiger partial charge in [0.25, 0.3) is 0 Å². The Morgan fingerprint density at radius 3 is 2.39 bits per heavy atom. The van der Waals surface area contributed by atoms with Crippen molar-refractivity contribution in [2.45, 2.75) is 50.3 Å². The molecule has 0 radical (unpaired) electrons. The molecule has 0 saturated carbocycles. The Hall–Kier alpha value is -3.37. The Bertz CT molecular complexity index is 1220. The van der Waals surface area contributed by atoms with Gasteiger partial charge in [0.05, 0.1) is 18.8 Å². The second-order valence-electron chi connectivity index (χ2n) is 8.98. The minimum atomic E-state index is -0.616. The van der Waals surface area contributed by atoms with Crippen LogP contribution in [0.5, 0.6) is 0 Å². The Morgan fingerprint density at radius 2 is 1.71 bits per heavy atom. The molecule has 4 rings (SSSR count). The molecule has 0 aliphatic carbocycles. The number of urea groups is 1. The lowest BCUT2D eigenvalue weighted by Crippen LogP contribution is -2.31. The second-order valence-corrected chi connectivity index (χ2v) is 10.1. The van der Waals surface area contributed by atoms with Crippen LogP contribution < -0.4 is 16.0 Å². The number of thioether (sulfide) groups is 1. The lowest BCUT2D eigenvalue weighted by molar-refractivity contribution is -0.245. The number of anilines is 2. The van der Waals surface area contributed by atoms with Crippen molar-refractivity contribution >= 4 is 35.1 Å². The molecule has 1 fully saturated rings. The molecule has 3 aromatic carbocycles. The van der Waals surface area contributed by atoms with Gasteiger partial charge in [0.15, 0.2) is 6.29 Å². The molecule has 1 aliphatic heterocycles. The summed E-state index contributed by atoms with van der Waals surface area (Å²) in [5, 5.41) is 17.8. The first kappa shape index (κ1) is 27.7. The number of aliphatic hydroxyl groups excluding tert-OH is 1. The molecule has 0 aromatic heterocycles. The molecule has 4 N–H and O–H groups in total. The number of benzene rings is 3. The van der Waals surface area contributed by atoms with E-state index in [1.807, 2.05) is 79.7 Å². The zero-order chi connectivity index (χ0) is 26.9. The molecule has 3 aromatic rings. The molecule has 3 atom stereocenters. The SMILES string of the molecule is CCNC(=O)Nc1cccc([C@H]2O[C@@H](CSc3ccc(NC(C)=O)cc3)C[C@@H](c3ccc(CO)cc3)O2)c1. The lowest BCUT2D eigenvalue weighted by atomic mass is 10.0. The predicted octanol–water partition coefficient (Wildman–Crippen LogP) is 5.62. The van der Waals surface area contributed by atoms with E-state index in [1.54, 1.807) is 11.8 Å². The Kier molecular flexibility index (Phi) is 9.78. The molecule has 3 amide bonds. The second kappa shape index (κ2) is 13.4. The minimum Gasteiger partial charge on any atom is -0.392 e. The van der Waals surface area contributed by atoms with Crippen molar-refractivity contribution in [3.05, 3.63) is 89.5 Å². The van der Waals surface area contributed by atoms with Crippen molar-refractivity contribution in [3.63, 3.8) is 0 Å². The molecule has 1 aliphatic rings. The molecule has 8 nitrogen and oxygen atoms in total. The van der Waals surface area contributed by atoms with Crippen molar-refractivity contribution in [2.24, 2.45) is 0 Å². The largest absolute Gasteiger partial charge is 0.392 e. The van der Waals surface area contributed by atoms with Gasteiger partial charge in [-0.2, -0.15) is 0 Å². The van der Waals surface area contributed by atoms with E-state index in [2.05, 4.69) is 16.0 Å². The number of aliphatic hydroxyl groups is 1. The first-order valence-corrected chi connectivity index (χ1v) is 13.6. The molecule has 200 valence electrons. The van der Waals surface area contributed by atoms with Crippen LogP contribution in [0.2, 0.25) is 0 Å². The maximum Gasteiger partial charge on any atom is 0.319 e. The van der Waals surface area contributed by atoms with Gasteiger partial charge >= 0.3 is 6.03 Å². The molecule has 1 saturated heterocycles. The van der Waals surface area contributed by atoms with Gasteiger partial charge < -0.3 is 30.5 Å². The van der Waals surface area contributed by atoms with Crippen LogP contribution >= 0.6 is 11.8 Å². The van der Waals surface area contributed by atoms with E-state index in [1.165, 1.54) is 6.92 Å². The highest BCUT2D eigenvalue weighted by Crippen LogP contribution is 2.40. The van der Waals surface area contributed by atoms with E-state index < -0.39 is 6.29 Å². The van der Waals surface area contributed by atoms with Gasteiger partial charge in [0, 0.05) is 47.5 Å². The van der Waals surface area contributed by atoms with E-state index in [9.17, 15) is 14.7 Å². The van der Waals surface area contributed by atoms with Crippen LogP contribution in [-0.4, -0.2) is 35.4 Å². The first-order chi connectivity index (χ1) is 18.4. The topological polar surface area (TPSA) is 109 Å². The molecule has 9 heteroatoms. The quantitative estimate of drug-likeness (QED) is 0.265. The smallest absolute Gasteiger partial charge is 0.319 e. The van der Waals surface area contributed by atoms with Gasteiger partial charge in [-0.25, -0.2) is 4.79 Å². The van der Waals surface area contributed by atoms with E-state index >= 15 is 0 Å². The number of hydrogen-bond acceptors (Lipinski definition) is 6. The summed E-state index contributed by atoms with van der Waals surface area (Å²) < 4.78 is 12.8. The average molecular weight is 536 g/mol. The lowest BCUT2D eigenvalue weighted by Gasteiger charge is -2.36. The Balaban J connectivity index is 1.50.